The van der Waals surface area contributed by atoms with E-state index in [2.05, 4.69) is 63.3 Å². The summed E-state index contributed by atoms with van der Waals surface area (Å²) in [6.45, 7) is 19.8. The molecule has 1 atom stereocenters. The van der Waals surface area contributed by atoms with Crippen molar-refractivity contribution < 1.29 is 14.5 Å². The van der Waals surface area contributed by atoms with E-state index in [1.807, 2.05) is 25.8 Å². The Morgan fingerprint density at radius 2 is 1.42 bits per heavy atom. The lowest BCUT2D eigenvalue weighted by molar-refractivity contribution is -0.267. The van der Waals surface area contributed by atoms with Crippen molar-refractivity contribution in [2.45, 2.75) is 102 Å². The molecule has 2 fully saturated rings. The first-order chi connectivity index (χ1) is 15.0. The molecule has 0 aliphatic carbocycles. The van der Waals surface area contributed by atoms with Crippen LogP contribution in [0, 0.1) is 31.6 Å². The fourth-order valence-electron chi connectivity index (χ4n) is 5.42. The van der Waals surface area contributed by atoms with Crippen LogP contribution in [0.15, 0.2) is 0 Å². The fourth-order valence-corrected chi connectivity index (χ4v) is 5.42. The van der Waals surface area contributed by atoms with Gasteiger partial charge in [-0.15, -0.1) is 17.9 Å². The molecule has 33 heavy (non-hydrogen) atoms. The first-order valence-corrected chi connectivity index (χ1v) is 11.4. The summed E-state index contributed by atoms with van der Waals surface area (Å²) in [5, 5.41) is 7.33. The number of carbonyl (C=O) groups excluding carboxylic acids is 1. The average Bonchev–Trinajstić information content (AvgIpc) is 2.63. The molecule has 188 valence electrons. The zero-order chi connectivity index (χ0) is 26.1. The number of Topliss-reactive ketones (excluding diaryl/α,β-unsaturated/α-hetero) is 1. The third-order valence-electron chi connectivity index (χ3n) is 5.82. The predicted molar refractivity (Wildman–Crippen MR) is 136 cm³/mol. The molecule has 3 N–H and O–H groups in total. The third kappa shape index (κ3) is 9.29. The summed E-state index contributed by atoms with van der Waals surface area (Å²) in [5.74, 6) is 5.11. The SMILES string of the molecule is C#CCN.C#CCNC1CC(C)(C)N(OC)C(C)(C)C1.[CH2+]C1(C)CC(=O)CC(C)(C)N1OC. The van der Waals surface area contributed by atoms with Gasteiger partial charge in [0.15, 0.2) is 5.54 Å². The van der Waals surface area contributed by atoms with Crippen LogP contribution in [0.2, 0.25) is 0 Å². The Morgan fingerprint density at radius 1 is 0.970 bits per heavy atom. The lowest BCUT2D eigenvalue weighted by atomic mass is 9.79. The van der Waals surface area contributed by atoms with Crippen molar-refractivity contribution in [3.63, 3.8) is 0 Å². The summed E-state index contributed by atoms with van der Waals surface area (Å²) in [6, 6.07) is 0.465. The van der Waals surface area contributed by atoms with Gasteiger partial charge in [-0.3, -0.25) is 9.63 Å². The number of nitrogens with one attached hydrogen (secondary N) is 1. The zero-order valence-electron chi connectivity index (χ0n) is 22.4. The predicted octanol–water partition coefficient (Wildman–Crippen LogP) is 2.95. The molecular formula is C26H47N4O3+. The summed E-state index contributed by atoms with van der Waals surface area (Å²) < 4.78 is 0. The van der Waals surface area contributed by atoms with E-state index in [-0.39, 0.29) is 22.4 Å². The molecular weight excluding hydrogens is 416 g/mol. The minimum Gasteiger partial charge on any atom is -0.320 e. The van der Waals surface area contributed by atoms with Crippen LogP contribution in [-0.4, -0.2) is 71.4 Å². The van der Waals surface area contributed by atoms with Crippen LogP contribution in [0.1, 0.15) is 74.1 Å². The summed E-state index contributed by atoms with van der Waals surface area (Å²) in [7, 11) is 3.37. The first-order valence-electron chi connectivity index (χ1n) is 11.4. The number of nitrogens with two attached hydrogens (primary N) is 1. The number of hydrogen-bond donors (Lipinski definition) is 2. The van der Waals surface area contributed by atoms with Gasteiger partial charge in [0.25, 0.3) is 0 Å². The minimum absolute atomic E-state index is 0.0305. The molecule has 7 heteroatoms. The van der Waals surface area contributed by atoms with Gasteiger partial charge in [-0.25, -0.2) is 0 Å². The minimum atomic E-state index is -0.437. The van der Waals surface area contributed by atoms with Crippen molar-refractivity contribution in [3.05, 3.63) is 6.92 Å². The fraction of sp³-hybridized carbons (Fsp3) is 0.769. The average molecular weight is 464 g/mol. The molecule has 0 radical (unpaired) electrons. The molecule has 0 amide bonds. The number of terminal acetylenes is 2. The molecule has 2 aliphatic rings. The Morgan fingerprint density at radius 3 is 1.76 bits per heavy atom. The molecule has 0 bridgehead atoms. The lowest BCUT2D eigenvalue weighted by Crippen LogP contribution is -2.63. The Kier molecular flexibility index (Phi) is 12.2. The molecule has 7 nitrogen and oxygen atoms in total. The van der Waals surface area contributed by atoms with E-state index < -0.39 is 5.54 Å². The Balaban J connectivity index is 0.000000542. The van der Waals surface area contributed by atoms with Crippen molar-refractivity contribution in [2.24, 2.45) is 5.73 Å². The number of piperidine rings is 2. The van der Waals surface area contributed by atoms with Gasteiger partial charge in [0.2, 0.25) is 0 Å². The van der Waals surface area contributed by atoms with Crippen LogP contribution in [0.5, 0.6) is 0 Å². The number of nitrogens with zero attached hydrogens (tertiary/aromatic N) is 2. The number of carbonyl (C=O) groups is 1. The van der Waals surface area contributed by atoms with E-state index in [9.17, 15) is 4.79 Å². The molecule has 2 saturated heterocycles. The maximum absolute atomic E-state index is 11.4. The first kappa shape index (κ1) is 31.4. The van der Waals surface area contributed by atoms with Gasteiger partial charge in [-0.1, -0.05) is 11.8 Å². The molecule has 0 aromatic rings. The highest BCUT2D eigenvalue weighted by atomic mass is 16.7. The van der Waals surface area contributed by atoms with Crippen molar-refractivity contribution in [2.75, 3.05) is 27.3 Å². The van der Waals surface area contributed by atoms with Crippen molar-refractivity contribution >= 4 is 5.78 Å². The second kappa shape index (κ2) is 12.8. The van der Waals surface area contributed by atoms with Crippen molar-refractivity contribution in [3.8, 4) is 24.7 Å². The molecule has 1 unspecified atom stereocenters. The van der Waals surface area contributed by atoms with Crippen LogP contribution in [0.3, 0.4) is 0 Å². The lowest BCUT2D eigenvalue weighted by Gasteiger charge is -2.53. The molecule has 2 rings (SSSR count). The summed E-state index contributed by atoms with van der Waals surface area (Å²) >= 11 is 0. The molecule has 0 aromatic heterocycles. The van der Waals surface area contributed by atoms with Gasteiger partial charge >= 0.3 is 0 Å². The Bertz CT molecular complexity index is 663. The van der Waals surface area contributed by atoms with Gasteiger partial charge in [0.1, 0.15) is 5.78 Å². The highest BCUT2D eigenvalue weighted by molar-refractivity contribution is 5.81. The van der Waals surface area contributed by atoms with Gasteiger partial charge in [0, 0.05) is 23.5 Å². The smallest absolute Gasteiger partial charge is 0.185 e. The molecule has 2 aliphatic heterocycles. The van der Waals surface area contributed by atoms with E-state index in [0.29, 0.717) is 32.0 Å². The summed E-state index contributed by atoms with van der Waals surface area (Å²) in [5.41, 5.74) is 4.17. The number of rotatable bonds is 4. The molecule has 0 aromatic carbocycles. The summed E-state index contributed by atoms with van der Waals surface area (Å²) in [4.78, 5) is 22.3. The van der Waals surface area contributed by atoms with Gasteiger partial charge < -0.3 is 15.9 Å². The monoisotopic (exact) mass is 463 g/mol. The van der Waals surface area contributed by atoms with Crippen LogP contribution in [0.25, 0.3) is 0 Å². The number of ketones is 1. The maximum atomic E-state index is 11.4. The number of hydroxylamine groups is 4. The third-order valence-corrected chi connectivity index (χ3v) is 5.82. The van der Waals surface area contributed by atoms with E-state index in [1.54, 1.807) is 14.2 Å². The van der Waals surface area contributed by atoms with Crippen LogP contribution < -0.4 is 11.1 Å². The molecule has 0 spiro atoms. The van der Waals surface area contributed by atoms with Crippen molar-refractivity contribution in [1.29, 1.82) is 0 Å². The number of hydrogen-bond acceptors (Lipinski definition) is 7. The van der Waals surface area contributed by atoms with E-state index in [4.69, 9.17) is 21.8 Å². The topological polar surface area (TPSA) is 80.1 Å². The van der Waals surface area contributed by atoms with E-state index >= 15 is 0 Å². The highest BCUT2D eigenvalue weighted by Crippen LogP contribution is 2.38. The second-order valence-corrected chi connectivity index (χ2v) is 10.9. The van der Waals surface area contributed by atoms with Gasteiger partial charge in [0.05, 0.1) is 46.2 Å². The van der Waals surface area contributed by atoms with Gasteiger partial charge in [-0.05, 0) is 61.3 Å². The largest absolute Gasteiger partial charge is 0.320 e. The standard InChI is InChI=1S/C13H24N2O.C10H18NO2.C3H5N/c1-7-8-14-11-9-12(2,3)15(16-6)13(4,5)10-11;1-9(2)6-8(12)7-10(3,4)11(9)13-5;1-2-3-4/h1,11,14H,8-10H2,2-6H3;1,6-7H2,2-5H3;1H,3-4H2/q;+1;. The second-order valence-electron chi connectivity index (χ2n) is 10.9. The zero-order valence-corrected chi connectivity index (χ0v) is 22.4. The summed E-state index contributed by atoms with van der Waals surface area (Å²) in [6.07, 6.45) is 13.0. The Labute approximate surface area is 203 Å². The van der Waals surface area contributed by atoms with E-state index in [0.717, 1.165) is 12.8 Å². The van der Waals surface area contributed by atoms with E-state index in [1.165, 1.54) is 0 Å². The Hall–Kier alpha value is -1.58. The maximum Gasteiger partial charge on any atom is 0.185 e. The van der Waals surface area contributed by atoms with Crippen molar-refractivity contribution in [1.82, 2.24) is 15.4 Å². The highest BCUT2D eigenvalue weighted by Gasteiger charge is 2.50. The molecule has 2 heterocycles. The quantitative estimate of drug-likeness (QED) is 0.490. The van der Waals surface area contributed by atoms with Crippen LogP contribution in [0.4, 0.5) is 0 Å². The van der Waals surface area contributed by atoms with Crippen LogP contribution >= 0.6 is 0 Å². The normalized spacial score (nSPS) is 26.6. The van der Waals surface area contributed by atoms with Crippen LogP contribution in [-0.2, 0) is 14.5 Å². The van der Waals surface area contributed by atoms with Gasteiger partial charge in [-0.2, -0.15) is 5.06 Å². The molecule has 0 saturated carbocycles.